The molecule has 1 saturated carbocycles. The zero-order chi connectivity index (χ0) is 13.3. The zero-order valence-corrected chi connectivity index (χ0v) is 11.7. The Hall–Kier alpha value is -0.900. The number of rotatable bonds is 4. The molecule has 1 aliphatic heterocycles. The first-order chi connectivity index (χ1) is 8.45. The molecule has 2 amide bonds. The van der Waals surface area contributed by atoms with Gasteiger partial charge in [-0.3, -0.25) is 14.5 Å². The van der Waals surface area contributed by atoms with Crippen molar-refractivity contribution < 1.29 is 9.59 Å². The van der Waals surface area contributed by atoms with Crippen LogP contribution in [0.1, 0.15) is 46.0 Å². The van der Waals surface area contributed by atoms with Gasteiger partial charge in [-0.15, -0.1) is 0 Å². The molecule has 0 bridgehead atoms. The Morgan fingerprint density at radius 3 is 2.61 bits per heavy atom. The fourth-order valence-corrected chi connectivity index (χ4v) is 3.31. The van der Waals surface area contributed by atoms with Gasteiger partial charge in [0, 0.05) is 19.0 Å². The lowest BCUT2D eigenvalue weighted by Crippen LogP contribution is -2.37. The second-order valence-electron chi connectivity index (χ2n) is 6.29. The van der Waals surface area contributed by atoms with Crippen LogP contribution in [0.15, 0.2) is 0 Å². The predicted molar refractivity (Wildman–Crippen MR) is 69.9 cm³/mol. The van der Waals surface area contributed by atoms with Crippen molar-refractivity contribution in [2.45, 2.75) is 52.0 Å². The van der Waals surface area contributed by atoms with Gasteiger partial charge in [-0.05, 0) is 32.2 Å². The third-order valence-corrected chi connectivity index (χ3v) is 4.47. The van der Waals surface area contributed by atoms with Gasteiger partial charge in [-0.2, -0.15) is 0 Å². The minimum atomic E-state index is -0.491. The van der Waals surface area contributed by atoms with Crippen molar-refractivity contribution in [2.75, 3.05) is 13.6 Å². The highest BCUT2D eigenvalue weighted by Gasteiger charge is 2.44. The van der Waals surface area contributed by atoms with Crippen molar-refractivity contribution in [1.29, 1.82) is 0 Å². The summed E-state index contributed by atoms with van der Waals surface area (Å²) in [5, 5.41) is 3.34. The minimum absolute atomic E-state index is 0.00371. The highest BCUT2D eigenvalue weighted by molar-refractivity contribution is 6.05. The van der Waals surface area contributed by atoms with Gasteiger partial charge in [-0.1, -0.05) is 20.3 Å². The molecule has 2 unspecified atom stereocenters. The summed E-state index contributed by atoms with van der Waals surface area (Å²) in [5.74, 6) is 0.620. The number of nitrogens with one attached hydrogen (secondary N) is 1. The van der Waals surface area contributed by atoms with Crippen LogP contribution in [-0.4, -0.2) is 36.3 Å². The number of imide groups is 1. The van der Waals surface area contributed by atoms with Gasteiger partial charge in [0.2, 0.25) is 11.8 Å². The molecule has 1 aliphatic carbocycles. The second-order valence-corrected chi connectivity index (χ2v) is 6.29. The fraction of sp³-hybridized carbons (Fsp3) is 0.857. The molecule has 0 aromatic heterocycles. The summed E-state index contributed by atoms with van der Waals surface area (Å²) < 4.78 is 0. The minimum Gasteiger partial charge on any atom is -0.317 e. The topological polar surface area (TPSA) is 49.4 Å². The number of hydrogen-bond acceptors (Lipinski definition) is 3. The lowest BCUT2D eigenvalue weighted by atomic mass is 9.92. The van der Waals surface area contributed by atoms with Gasteiger partial charge in [0.05, 0.1) is 5.41 Å². The SMILES string of the molecule is CNC1CCCC1CCN1C(=O)CC(C)(C)C1=O. The van der Waals surface area contributed by atoms with E-state index in [1.165, 1.54) is 24.2 Å². The normalized spacial score (nSPS) is 31.4. The van der Waals surface area contributed by atoms with Crippen LogP contribution in [0, 0.1) is 11.3 Å². The molecule has 0 spiro atoms. The van der Waals surface area contributed by atoms with Crippen molar-refractivity contribution in [3.8, 4) is 0 Å². The molecule has 0 aromatic carbocycles. The Labute approximate surface area is 109 Å². The first-order valence-electron chi connectivity index (χ1n) is 6.98. The third kappa shape index (κ3) is 2.44. The Kier molecular flexibility index (Phi) is 3.76. The molecule has 4 nitrogen and oxygen atoms in total. The van der Waals surface area contributed by atoms with E-state index < -0.39 is 5.41 Å². The fourth-order valence-electron chi connectivity index (χ4n) is 3.31. The summed E-state index contributed by atoms with van der Waals surface area (Å²) in [6.45, 7) is 4.32. The lowest BCUT2D eigenvalue weighted by molar-refractivity contribution is -0.141. The molecule has 1 N–H and O–H groups in total. The standard InChI is InChI=1S/C14H24N2O2/c1-14(2)9-12(17)16(13(14)18)8-7-10-5-4-6-11(10)15-3/h10-11,15H,4-9H2,1-3H3. The molecule has 0 aromatic rings. The van der Waals surface area contributed by atoms with E-state index >= 15 is 0 Å². The Balaban J connectivity index is 1.91. The number of carbonyl (C=O) groups is 2. The lowest BCUT2D eigenvalue weighted by Gasteiger charge is -2.23. The van der Waals surface area contributed by atoms with Crippen LogP contribution in [-0.2, 0) is 9.59 Å². The maximum atomic E-state index is 12.1. The van der Waals surface area contributed by atoms with Crippen LogP contribution in [0.5, 0.6) is 0 Å². The van der Waals surface area contributed by atoms with Gasteiger partial charge in [0.15, 0.2) is 0 Å². The van der Waals surface area contributed by atoms with E-state index in [-0.39, 0.29) is 11.8 Å². The van der Waals surface area contributed by atoms with Crippen LogP contribution in [0.2, 0.25) is 0 Å². The first kappa shape index (κ1) is 13.5. The van der Waals surface area contributed by atoms with E-state index in [4.69, 9.17) is 0 Å². The van der Waals surface area contributed by atoms with Crippen LogP contribution >= 0.6 is 0 Å². The quantitative estimate of drug-likeness (QED) is 0.772. The zero-order valence-electron chi connectivity index (χ0n) is 11.7. The summed E-state index contributed by atoms with van der Waals surface area (Å²) in [4.78, 5) is 25.4. The van der Waals surface area contributed by atoms with Crippen molar-refractivity contribution >= 4 is 11.8 Å². The highest BCUT2D eigenvalue weighted by Crippen LogP contribution is 2.33. The maximum absolute atomic E-state index is 12.1. The molecule has 2 rings (SSSR count). The Morgan fingerprint density at radius 1 is 1.33 bits per heavy atom. The molecule has 4 heteroatoms. The average Bonchev–Trinajstić information content (AvgIpc) is 2.82. The molecule has 2 fully saturated rings. The van der Waals surface area contributed by atoms with Gasteiger partial charge in [0.25, 0.3) is 0 Å². The summed E-state index contributed by atoms with van der Waals surface area (Å²) >= 11 is 0. The predicted octanol–water partition coefficient (Wildman–Crippen LogP) is 1.55. The van der Waals surface area contributed by atoms with E-state index in [2.05, 4.69) is 5.32 Å². The van der Waals surface area contributed by atoms with Crippen molar-refractivity contribution in [3.05, 3.63) is 0 Å². The van der Waals surface area contributed by atoms with E-state index in [0.717, 1.165) is 6.42 Å². The number of hydrogen-bond donors (Lipinski definition) is 1. The maximum Gasteiger partial charge on any atom is 0.235 e. The molecule has 0 radical (unpaired) electrons. The molecule has 102 valence electrons. The number of nitrogens with zero attached hydrogens (tertiary/aromatic N) is 1. The van der Waals surface area contributed by atoms with Gasteiger partial charge in [-0.25, -0.2) is 0 Å². The molecular weight excluding hydrogens is 228 g/mol. The van der Waals surface area contributed by atoms with Crippen molar-refractivity contribution in [2.24, 2.45) is 11.3 Å². The van der Waals surface area contributed by atoms with E-state index in [1.54, 1.807) is 0 Å². The third-order valence-electron chi connectivity index (χ3n) is 4.47. The second kappa shape index (κ2) is 5.00. The monoisotopic (exact) mass is 252 g/mol. The van der Waals surface area contributed by atoms with Crippen LogP contribution < -0.4 is 5.32 Å². The van der Waals surface area contributed by atoms with E-state index in [1.807, 2.05) is 20.9 Å². The molecule has 1 heterocycles. The molecule has 2 atom stereocenters. The number of likely N-dealkylation sites (tertiary alicyclic amines) is 1. The molecule has 2 aliphatic rings. The van der Waals surface area contributed by atoms with Crippen molar-refractivity contribution in [1.82, 2.24) is 10.2 Å². The molecule has 18 heavy (non-hydrogen) atoms. The Bertz CT molecular complexity index is 352. The molecule has 1 saturated heterocycles. The summed E-state index contributed by atoms with van der Waals surface area (Å²) in [6.07, 6.45) is 4.99. The van der Waals surface area contributed by atoms with Gasteiger partial charge >= 0.3 is 0 Å². The summed E-state index contributed by atoms with van der Waals surface area (Å²) in [6, 6.07) is 0.561. The van der Waals surface area contributed by atoms with E-state index in [9.17, 15) is 9.59 Å². The first-order valence-corrected chi connectivity index (χ1v) is 6.98. The van der Waals surface area contributed by atoms with Crippen LogP contribution in [0.3, 0.4) is 0 Å². The molecular formula is C14H24N2O2. The summed E-state index contributed by atoms with van der Waals surface area (Å²) in [5.41, 5.74) is -0.491. The smallest absolute Gasteiger partial charge is 0.235 e. The summed E-state index contributed by atoms with van der Waals surface area (Å²) in [7, 11) is 2.00. The Morgan fingerprint density at radius 2 is 2.06 bits per heavy atom. The highest BCUT2D eigenvalue weighted by atomic mass is 16.2. The number of carbonyl (C=O) groups excluding carboxylic acids is 2. The van der Waals surface area contributed by atoms with E-state index in [0.29, 0.717) is 24.9 Å². The largest absolute Gasteiger partial charge is 0.317 e. The number of amides is 2. The van der Waals surface area contributed by atoms with Crippen molar-refractivity contribution in [3.63, 3.8) is 0 Å². The average molecular weight is 252 g/mol. The van der Waals surface area contributed by atoms with Gasteiger partial charge in [0.1, 0.15) is 0 Å². The van der Waals surface area contributed by atoms with Gasteiger partial charge < -0.3 is 5.32 Å². The van der Waals surface area contributed by atoms with Crippen LogP contribution in [0.25, 0.3) is 0 Å². The van der Waals surface area contributed by atoms with Crippen LogP contribution in [0.4, 0.5) is 0 Å².